The van der Waals surface area contributed by atoms with Crippen molar-refractivity contribution in [2.75, 3.05) is 19.8 Å². The first kappa shape index (κ1) is 15.0. The van der Waals surface area contributed by atoms with Crippen LogP contribution in [-0.2, 0) is 12.8 Å². The minimum atomic E-state index is 0.184. The van der Waals surface area contributed by atoms with Gasteiger partial charge in [0.25, 0.3) is 0 Å². The summed E-state index contributed by atoms with van der Waals surface area (Å²) >= 11 is 0. The van der Waals surface area contributed by atoms with Crippen molar-refractivity contribution in [1.82, 2.24) is 10.3 Å². The summed E-state index contributed by atoms with van der Waals surface area (Å²) in [5, 5.41) is 12.4. The van der Waals surface area contributed by atoms with Crippen molar-refractivity contribution in [3.05, 3.63) is 59.4 Å². The zero-order chi connectivity index (χ0) is 15.2. The van der Waals surface area contributed by atoms with Crippen molar-refractivity contribution in [3.63, 3.8) is 0 Å². The highest BCUT2D eigenvalue weighted by Crippen LogP contribution is 2.17. The number of hydrogen-bond donors (Lipinski definition) is 2. The van der Waals surface area contributed by atoms with E-state index in [2.05, 4.69) is 28.5 Å². The molecule has 1 aliphatic rings. The molecule has 116 valence electrons. The van der Waals surface area contributed by atoms with Crippen LogP contribution < -0.4 is 10.1 Å². The first-order valence-electron chi connectivity index (χ1n) is 7.82. The highest BCUT2D eigenvalue weighted by Gasteiger charge is 2.16. The normalized spacial score (nSPS) is 17.0. The van der Waals surface area contributed by atoms with Gasteiger partial charge in [-0.2, -0.15) is 0 Å². The van der Waals surface area contributed by atoms with Gasteiger partial charge in [0, 0.05) is 18.8 Å². The van der Waals surface area contributed by atoms with Crippen LogP contribution in [0.1, 0.15) is 23.1 Å². The van der Waals surface area contributed by atoms with Crippen LogP contribution in [0.15, 0.2) is 42.7 Å². The van der Waals surface area contributed by atoms with Crippen LogP contribution in [0.4, 0.5) is 0 Å². The fraction of sp³-hybridized carbons (Fsp3) is 0.389. The Morgan fingerprint density at radius 2 is 2.05 bits per heavy atom. The second kappa shape index (κ2) is 7.38. The van der Waals surface area contributed by atoms with Crippen LogP contribution in [-0.4, -0.2) is 35.9 Å². The minimum absolute atomic E-state index is 0.184. The van der Waals surface area contributed by atoms with Gasteiger partial charge in [-0.05, 0) is 48.6 Å². The van der Waals surface area contributed by atoms with Crippen molar-refractivity contribution in [1.29, 1.82) is 0 Å². The lowest BCUT2D eigenvalue weighted by molar-refractivity contribution is 0.217. The van der Waals surface area contributed by atoms with Gasteiger partial charge in [0.2, 0.25) is 0 Å². The number of benzene rings is 1. The van der Waals surface area contributed by atoms with Gasteiger partial charge in [-0.25, -0.2) is 0 Å². The maximum absolute atomic E-state index is 9.03. The third-order valence-electron chi connectivity index (χ3n) is 3.95. The molecule has 0 aliphatic carbocycles. The van der Waals surface area contributed by atoms with Crippen molar-refractivity contribution < 1.29 is 9.84 Å². The van der Waals surface area contributed by atoms with Crippen LogP contribution in [0.2, 0.25) is 0 Å². The van der Waals surface area contributed by atoms with Gasteiger partial charge in [-0.1, -0.05) is 24.3 Å². The Labute approximate surface area is 131 Å². The van der Waals surface area contributed by atoms with Crippen LogP contribution in [0.25, 0.3) is 0 Å². The molecule has 1 aromatic carbocycles. The molecule has 2 aromatic rings. The molecule has 1 unspecified atom stereocenters. The molecule has 2 N–H and O–H groups in total. The summed E-state index contributed by atoms with van der Waals surface area (Å²) in [4.78, 5) is 4.28. The van der Waals surface area contributed by atoms with E-state index < -0.39 is 0 Å². The highest BCUT2D eigenvalue weighted by molar-refractivity contribution is 5.31. The summed E-state index contributed by atoms with van der Waals surface area (Å²) in [5.41, 5.74) is 3.53. The lowest BCUT2D eigenvalue weighted by atomic mass is 10.0. The van der Waals surface area contributed by atoms with Gasteiger partial charge in [-0.3, -0.25) is 4.98 Å². The lowest BCUT2D eigenvalue weighted by Crippen LogP contribution is -2.46. The van der Waals surface area contributed by atoms with Gasteiger partial charge in [0.05, 0.1) is 6.20 Å². The highest BCUT2D eigenvalue weighted by atomic mass is 16.5. The maximum Gasteiger partial charge on any atom is 0.137 e. The van der Waals surface area contributed by atoms with Crippen LogP contribution in [0.3, 0.4) is 0 Å². The first-order chi connectivity index (χ1) is 10.8. The van der Waals surface area contributed by atoms with Crippen molar-refractivity contribution in [3.8, 4) is 5.75 Å². The number of aliphatic hydroxyl groups excluding tert-OH is 1. The van der Waals surface area contributed by atoms with Crippen molar-refractivity contribution >= 4 is 0 Å². The maximum atomic E-state index is 9.03. The molecule has 1 aliphatic heterocycles. The number of aliphatic hydroxyl groups is 1. The number of aromatic nitrogens is 1. The van der Waals surface area contributed by atoms with Crippen molar-refractivity contribution in [2.24, 2.45) is 0 Å². The third-order valence-corrected chi connectivity index (χ3v) is 3.95. The van der Waals surface area contributed by atoms with E-state index >= 15 is 0 Å². The second-order valence-electron chi connectivity index (χ2n) is 5.75. The third kappa shape index (κ3) is 4.06. The summed E-state index contributed by atoms with van der Waals surface area (Å²) < 4.78 is 5.79. The van der Waals surface area contributed by atoms with E-state index in [0.717, 1.165) is 29.8 Å². The van der Waals surface area contributed by atoms with E-state index in [1.165, 1.54) is 12.0 Å². The molecule has 3 rings (SSSR count). The number of ether oxygens (including phenoxy) is 1. The standard InChI is InChI=1S/C18H22N2O2/c21-7-5-14-2-1-3-15(8-14)9-16-10-18(12-19-11-16)22-13-17-4-6-20-17/h1-3,8,10-12,17,20-21H,4-7,9,13H2. The molecule has 0 radical (unpaired) electrons. The number of hydrogen-bond acceptors (Lipinski definition) is 4. The Balaban J connectivity index is 1.62. The number of rotatable bonds is 7. The molecule has 1 aromatic heterocycles. The van der Waals surface area contributed by atoms with Gasteiger partial charge >= 0.3 is 0 Å². The molecular weight excluding hydrogens is 276 g/mol. The molecule has 1 saturated heterocycles. The minimum Gasteiger partial charge on any atom is -0.490 e. The lowest BCUT2D eigenvalue weighted by Gasteiger charge is -2.27. The number of pyridine rings is 1. The van der Waals surface area contributed by atoms with E-state index in [9.17, 15) is 0 Å². The number of nitrogens with zero attached hydrogens (tertiary/aromatic N) is 1. The van der Waals surface area contributed by atoms with Gasteiger partial charge in [0.1, 0.15) is 12.4 Å². The summed E-state index contributed by atoms with van der Waals surface area (Å²) in [5.74, 6) is 0.831. The average molecular weight is 298 g/mol. The molecule has 0 saturated carbocycles. The van der Waals surface area contributed by atoms with Crippen LogP contribution in [0, 0.1) is 0 Å². The van der Waals surface area contributed by atoms with Gasteiger partial charge in [-0.15, -0.1) is 0 Å². The van der Waals surface area contributed by atoms with E-state index in [1.807, 2.05) is 18.3 Å². The Morgan fingerprint density at radius 3 is 2.82 bits per heavy atom. The van der Waals surface area contributed by atoms with Crippen LogP contribution in [0.5, 0.6) is 5.75 Å². The SMILES string of the molecule is OCCc1cccc(Cc2cncc(OCC3CCN3)c2)c1. The summed E-state index contributed by atoms with van der Waals surface area (Å²) in [6.45, 7) is 1.98. The molecule has 2 heterocycles. The summed E-state index contributed by atoms with van der Waals surface area (Å²) in [6.07, 6.45) is 6.36. The Bertz CT molecular complexity index is 612. The van der Waals surface area contributed by atoms with Gasteiger partial charge in [0.15, 0.2) is 0 Å². The summed E-state index contributed by atoms with van der Waals surface area (Å²) in [6, 6.07) is 10.9. The Hall–Kier alpha value is -1.91. The zero-order valence-corrected chi connectivity index (χ0v) is 12.7. The quantitative estimate of drug-likeness (QED) is 0.820. The predicted octanol–water partition coefficient (Wildman–Crippen LogP) is 1.95. The molecule has 1 atom stereocenters. The van der Waals surface area contributed by atoms with E-state index in [4.69, 9.17) is 9.84 Å². The molecule has 22 heavy (non-hydrogen) atoms. The molecular formula is C18H22N2O2. The molecule has 4 heteroatoms. The van der Waals surface area contributed by atoms with Crippen molar-refractivity contribution in [2.45, 2.75) is 25.3 Å². The van der Waals surface area contributed by atoms with E-state index in [0.29, 0.717) is 19.1 Å². The molecule has 0 bridgehead atoms. The smallest absolute Gasteiger partial charge is 0.137 e. The molecule has 1 fully saturated rings. The Kier molecular flexibility index (Phi) is 5.03. The fourth-order valence-electron chi connectivity index (χ4n) is 2.59. The van der Waals surface area contributed by atoms with E-state index in [1.54, 1.807) is 6.20 Å². The fourth-order valence-corrected chi connectivity index (χ4v) is 2.59. The predicted molar refractivity (Wildman–Crippen MR) is 86.2 cm³/mol. The largest absolute Gasteiger partial charge is 0.490 e. The van der Waals surface area contributed by atoms with Gasteiger partial charge < -0.3 is 15.2 Å². The zero-order valence-electron chi connectivity index (χ0n) is 12.7. The van der Waals surface area contributed by atoms with E-state index in [-0.39, 0.29) is 6.61 Å². The molecule has 4 nitrogen and oxygen atoms in total. The molecule has 0 amide bonds. The average Bonchev–Trinajstić information content (AvgIpc) is 2.47. The van der Waals surface area contributed by atoms with Crippen LogP contribution >= 0.6 is 0 Å². The summed E-state index contributed by atoms with van der Waals surface area (Å²) in [7, 11) is 0. The topological polar surface area (TPSA) is 54.4 Å². The Morgan fingerprint density at radius 1 is 1.18 bits per heavy atom. The monoisotopic (exact) mass is 298 g/mol. The molecule has 0 spiro atoms. The second-order valence-corrected chi connectivity index (χ2v) is 5.75. The number of nitrogens with one attached hydrogen (secondary N) is 1. The first-order valence-corrected chi connectivity index (χ1v) is 7.82.